The summed E-state index contributed by atoms with van der Waals surface area (Å²) in [5.41, 5.74) is 5.25. The molecule has 5 nitrogen and oxygen atoms in total. The van der Waals surface area contributed by atoms with Crippen molar-refractivity contribution in [2.45, 2.75) is 45.7 Å². The number of ether oxygens (including phenoxy) is 2. The number of rotatable bonds is 11. The van der Waals surface area contributed by atoms with Crippen LogP contribution in [0.2, 0.25) is 0 Å². The standard InChI is InChI=1S/C12H26N2O3/c1-4-5-6-16-7-8-17-9-11(12(13)15)14-10(2)3/h10-11,14H,4-9H2,1-3H3,(H2,13,15). The van der Waals surface area contributed by atoms with Crippen LogP contribution in [0.1, 0.15) is 33.6 Å². The molecule has 0 saturated heterocycles. The van der Waals surface area contributed by atoms with E-state index >= 15 is 0 Å². The molecule has 102 valence electrons. The van der Waals surface area contributed by atoms with E-state index in [1.165, 1.54) is 0 Å². The number of nitrogens with one attached hydrogen (secondary N) is 1. The lowest BCUT2D eigenvalue weighted by Crippen LogP contribution is -2.47. The third-order valence-electron chi connectivity index (χ3n) is 2.18. The van der Waals surface area contributed by atoms with Crippen LogP contribution in [-0.2, 0) is 14.3 Å². The molecule has 0 aliphatic rings. The average molecular weight is 246 g/mol. The Hall–Kier alpha value is -0.650. The molecule has 0 aliphatic heterocycles. The second-order valence-corrected chi connectivity index (χ2v) is 4.32. The van der Waals surface area contributed by atoms with E-state index in [-0.39, 0.29) is 11.9 Å². The van der Waals surface area contributed by atoms with Gasteiger partial charge in [-0.25, -0.2) is 0 Å². The number of primary amides is 1. The van der Waals surface area contributed by atoms with Crippen LogP contribution in [0.25, 0.3) is 0 Å². The van der Waals surface area contributed by atoms with E-state index in [0.29, 0.717) is 19.8 Å². The summed E-state index contributed by atoms with van der Waals surface area (Å²) < 4.78 is 10.7. The van der Waals surface area contributed by atoms with Gasteiger partial charge in [-0.1, -0.05) is 27.2 Å². The minimum absolute atomic E-state index is 0.205. The Labute approximate surface area is 104 Å². The van der Waals surface area contributed by atoms with Crippen LogP contribution in [0.5, 0.6) is 0 Å². The van der Waals surface area contributed by atoms with Crippen molar-refractivity contribution in [1.29, 1.82) is 0 Å². The maximum Gasteiger partial charge on any atom is 0.236 e. The van der Waals surface area contributed by atoms with Crippen molar-refractivity contribution < 1.29 is 14.3 Å². The summed E-state index contributed by atoms with van der Waals surface area (Å²) in [6, 6.07) is -0.220. The topological polar surface area (TPSA) is 73.6 Å². The van der Waals surface area contributed by atoms with Gasteiger partial charge in [-0.2, -0.15) is 0 Å². The van der Waals surface area contributed by atoms with Gasteiger partial charge in [0.25, 0.3) is 0 Å². The van der Waals surface area contributed by atoms with Crippen LogP contribution in [-0.4, -0.2) is 44.4 Å². The first-order valence-electron chi connectivity index (χ1n) is 6.28. The first kappa shape index (κ1) is 16.4. The van der Waals surface area contributed by atoms with Crippen molar-refractivity contribution in [3.05, 3.63) is 0 Å². The summed E-state index contributed by atoms with van der Waals surface area (Å²) >= 11 is 0. The molecular formula is C12H26N2O3. The zero-order chi connectivity index (χ0) is 13.1. The molecule has 0 aromatic heterocycles. The summed E-state index contributed by atoms with van der Waals surface area (Å²) in [7, 11) is 0. The van der Waals surface area contributed by atoms with E-state index in [1.807, 2.05) is 13.8 Å². The fourth-order valence-electron chi connectivity index (χ4n) is 1.28. The highest BCUT2D eigenvalue weighted by molar-refractivity contribution is 5.80. The lowest BCUT2D eigenvalue weighted by atomic mass is 10.2. The van der Waals surface area contributed by atoms with Gasteiger partial charge in [0.1, 0.15) is 6.04 Å². The zero-order valence-corrected chi connectivity index (χ0v) is 11.2. The molecule has 0 aromatic carbocycles. The molecule has 0 bridgehead atoms. The molecule has 1 unspecified atom stereocenters. The molecular weight excluding hydrogens is 220 g/mol. The highest BCUT2D eigenvalue weighted by Crippen LogP contribution is 1.91. The fraction of sp³-hybridized carbons (Fsp3) is 0.917. The Bertz CT molecular complexity index is 198. The number of nitrogens with two attached hydrogens (primary N) is 1. The number of carbonyl (C=O) groups is 1. The largest absolute Gasteiger partial charge is 0.379 e. The summed E-state index contributed by atoms with van der Waals surface area (Å²) in [4.78, 5) is 11.1. The van der Waals surface area contributed by atoms with Gasteiger partial charge >= 0.3 is 0 Å². The number of carbonyl (C=O) groups excluding carboxylic acids is 1. The highest BCUT2D eigenvalue weighted by Gasteiger charge is 2.15. The third kappa shape index (κ3) is 10.2. The van der Waals surface area contributed by atoms with Gasteiger partial charge < -0.3 is 20.5 Å². The van der Waals surface area contributed by atoms with E-state index in [4.69, 9.17) is 15.2 Å². The summed E-state index contributed by atoms with van der Waals surface area (Å²) in [5.74, 6) is -0.384. The summed E-state index contributed by atoms with van der Waals surface area (Å²) in [6.45, 7) is 8.16. The summed E-state index contributed by atoms with van der Waals surface area (Å²) in [5, 5.41) is 3.05. The predicted molar refractivity (Wildman–Crippen MR) is 67.8 cm³/mol. The quantitative estimate of drug-likeness (QED) is 0.526. The van der Waals surface area contributed by atoms with Crippen molar-refractivity contribution >= 4 is 5.91 Å². The lowest BCUT2D eigenvalue weighted by Gasteiger charge is -2.18. The highest BCUT2D eigenvalue weighted by atomic mass is 16.5. The minimum atomic E-state index is -0.425. The molecule has 1 amide bonds. The van der Waals surface area contributed by atoms with Crippen LogP contribution in [0.15, 0.2) is 0 Å². The smallest absolute Gasteiger partial charge is 0.236 e. The second kappa shape index (κ2) is 10.5. The van der Waals surface area contributed by atoms with Gasteiger partial charge in [0.15, 0.2) is 0 Å². The molecule has 0 radical (unpaired) electrons. The lowest BCUT2D eigenvalue weighted by molar-refractivity contribution is -0.121. The van der Waals surface area contributed by atoms with Crippen molar-refractivity contribution in [2.75, 3.05) is 26.4 Å². The molecule has 0 aromatic rings. The molecule has 0 heterocycles. The normalized spacial score (nSPS) is 12.9. The first-order valence-corrected chi connectivity index (χ1v) is 6.28. The van der Waals surface area contributed by atoms with Crippen LogP contribution in [0.4, 0.5) is 0 Å². The van der Waals surface area contributed by atoms with Crippen molar-refractivity contribution in [1.82, 2.24) is 5.32 Å². The fourth-order valence-corrected chi connectivity index (χ4v) is 1.28. The Kier molecular flexibility index (Phi) is 10.1. The van der Waals surface area contributed by atoms with E-state index in [9.17, 15) is 4.79 Å². The van der Waals surface area contributed by atoms with E-state index in [2.05, 4.69) is 12.2 Å². The summed E-state index contributed by atoms with van der Waals surface area (Å²) in [6.07, 6.45) is 2.20. The maximum absolute atomic E-state index is 11.1. The average Bonchev–Trinajstić information content (AvgIpc) is 2.25. The van der Waals surface area contributed by atoms with E-state index in [0.717, 1.165) is 19.4 Å². The number of amides is 1. The van der Waals surface area contributed by atoms with Gasteiger partial charge in [0.05, 0.1) is 19.8 Å². The molecule has 5 heteroatoms. The maximum atomic E-state index is 11.1. The SMILES string of the molecule is CCCCOCCOCC(NC(C)C)C(N)=O. The molecule has 3 N–H and O–H groups in total. The van der Waals surface area contributed by atoms with Gasteiger partial charge in [0.2, 0.25) is 5.91 Å². The first-order chi connectivity index (χ1) is 8.07. The number of unbranched alkanes of at least 4 members (excludes halogenated alkanes) is 1. The van der Waals surface area contributed by atoms with Gasteiger partial charge in [-0.3, -0.25) is 4.79 Å². The zero-order valence-electron chi connectivity index (χ0n) is 11.2. The molecule has 0 spiro atoms. The van der Waals surface area contributed by atoms with Crippen molar-refractivity contribution in [3.8, 4) is 0 Å². The molecule has 1 atom stereocenters. The number of hydrogen-bond donors (Lipinski definition) is 2. The predicted octanol–water partition coefficient (Wildman–Crippen LogP) is 0.672. The number of hydrogen-bond acceptors (Lipinski definition) is 4. The molecule has 0 aliphatic carbocycles. The minimum Gasteiger partial charge on any atom is -0.379 e. The van der Waals surface area contributed by atoms with E-state index < -0.39 is 6.04 Å². The van der Waals surface area contributed by atoms with Gasteiger partial charge in [-0.05, 0) is 6.42 Å². The van der Waals surface area contributed by atoms with Crippen molar-refractivity contribution in [3.63, 3.8) is 0 Å². The van der Waals surface area contributed by atoms with E-state index in [1.54, 1.807) is 0 Å². The van der Waals surface area contributed by atoms with Crippen LogP contribution in [0.3, 0.4) is 0 Å². The van der Waals surface area contributed by atoms with Gasteiger partial charge in [0, 0.05) is 12.6 Å². The van der Waals surface area contributed by atoms with Crippen LogP contribution < -0.4 is 11.1 Å². The Balaban J connectivity index is 3.51. The second-order valence-electron chi connectivity index (χ2n) is 4.32. The Morgan fingerprint density at radius 3 is 2.41 bits per heavy atom. The van der Waals surface area contributed by atoms with Crippen LogP contribution in [0, 0.1) is 0 Å². The monoisotopic (exact) mass is 246 g/mol. The molecule has 17 heavy (non-hydrogen) atoms. The Morgan fingerprint density at radius 2 is 1.88 bits per heavy atom. The molecule has 0 saturated carbocycles. The van der Waals surface area contributed by atoms with Crippen molar-refractivity contribution in [2.24, 2.45) is 5.73 Å². The molecule has 0 rings (SSSR count). The third-order valence-corrected chi connectivity index (χ3v) is 2.18. The van der Waals surface area contributed by atoms with Crippen LogP contribution >= 0.6 is 0 Å². The molecule has 0 fully saturated rings. The van der Waals surface area contributed by atoms with Gasteiger partial charge in [-0.15, -0.1) is 0 Å². The Morgan fingerprint density at radius 1 is 1.24 bits per heavy atom.